The summed E-state index contributed by atoms with van der Waals surface area (Å²) in [5.74, 6) is -0.901. The summed E-state index contributed by atoms with van der Waals surface area (Å²) in [4.78, 5) is 38.9. The number of benzene rings is 2. The maximum absolute atomic E-state index is 12.2. The van der Waals surface area contributed by atoms with Crippen LogP contribution in [0.25, 0.3) is 10.2 Å². The Kier molecular flexibility index (Phi) is 6.91. The number of carbonyl (C=O) groups excluding carboxylic acids is 2. The van der Waals surface area contributed by atoms with Gasteiger partial charge in [0.2, 0.25) is 0 Å². The molecule has 3 rings (SSSR count). The molecule has 1 amide bonds. The molecule has 3 aromatic rings. The standard InChI is InChI=1S/C20H19N3O6S/c1-2-3-10-28-19(25)13-8-9-14-17(11-13)30-20(21-14)22-18(24)12-29-16-7-5-4-6-15(16)23(26)27/h4-9,11H,2-3,10,12H2,1H3,(H,21,22,24). The number of para-hydroxylation sites is 2. The molecule has 0 aliphatic heterocycles. The number of aromatic nitrogens is 1. The van der Waals surface area contributed by atoms with Crippen molar-refractivity contribution in [3.05, 3.63) is 58.1 Å². The maximum Gasteiger partial charge on any atom is 0.338 e. The van der Waals surface area contributed by atoms with E-state index in [0.717, 1.165) is 17.5 Å². The zero-order valence-corrected chi connectivity index (χ0v) is 16.9. The Morgan fingerprint density at radius 2 is 2.03 bits per heavy atom. The van der Waals surface area contributed by atoms with E-state index in [-0.39, 0.29) is 11.4 Å². The van der Waals surface area contributed by atoms with Crippen LogP contribution in [0.2, 0.25) is 0 Å². The minimum absolute atomic E-state index is 0.00757. The minimum atomic E-state index is -0.578. The summed E-state index contributed by atoms with van der Waals surface area (Å²) in [7, 11) is 0. The van der Waals surface area contributed by atoms with E-state index in [2.05, 4.69) is 10.3 Å². The van der Waals surface area contributed by atoms with Crippen molar-refractivity contribution >= 4 is 44.2 Å². The third kappa shape index (κ3) is 5.29. The quantitative estimate of drug-likeness (QED) is 0.234. The lowest BCUT2D eigenvalue weighted by atomic mass is 10.2. The Balaban J connectivity index is 1.62. The van der Waals surface area contributed by atoms with E-state index in [9.17, 15) is 19.7 Å². The highest BCUT2D eigenvalue weighted by Gasteiger charge is 2.16. The van der Waals surface area contributed by atoms with Gasteiger partial charge < -0.3 is 9.47 Å². The maximum atomic E-state index is 12.2. The molecule has 2 aromatic carbocycles. The van der Waals surface area contributed by atoms with Crippen molar-refractivity contribution in [2.75, 3.05) is 18.5 Å². The van der Waals surface area contributed by atoms with Gasteiger partial charge in [0.15, 0.2) is 17.5 Å². The molecule has 1 heterocycles. The number of nitrogens with one attached hydrogen (secondary N) is 1. The lowest BCUT2D eigenvalue weighted by Gasteiger charge is -2.05. The molecule has 9 nitrogen and oxygen atoms in total. The number of thiazole rings is 1. The molecule has 0 aliphatic carbocycles. The van der Waals surface area contributed by atoms with Gasteiger partial charge in [-0.25, -0.2) is 9.78 Å². The van der Waals surface area contributed by atoms with E-state index in [1.54, 1.807) is 24.3 Å². The molecule has 0 spiro atoms. The number of hydrogen-bond donors (Lipinski definition) is 1. The second-order valence-electron chi connectivity index (χ2n) is 6.25. The number of amides is 1. The average Bonchev–Trinajstić information content (AvgIpc) is 3.13. The number of rotatable bonds is 9. The molecular weight excluding hydrogens is 410 g/mol. The number of anilines is 1. The molecule has 30 heavy (non-hydrogen) atoms. The number of esters is 1. The summed E-state index contributed by atoms with van der Waals surface area (Å²) in [6.45, 7) is 1.98. The van der Waals surface area contributed by atoms with Crippen LogP contribution in [-0.4, -0.2) is 35.0 Å². The normalized spacial score (nSPS) is 10.6. The highest BCUT2D eigenvalue weighted by atomic mass is 32.1. The first kappa shape index (κ1) is 21.2. The zero-order valence-electron chi connectivity index (χ0n) is 16.1. The second-order valence-corrected chi connectivity index (χ2v) is 7.28. The number of fused-ring (bicyclic) bond motifs is 1. The largest absolute Gasteiger partial charge is 0.477 e. The van der Waals surface area contributed by atoms with Gasteiger partial charge in [0.25, 0.3) is 5.91 Å². The number of hydrogen-bond acceptors (Lipinski definition) is 8. The Morgan fingerprint density at radius 3 is 2.80 bits per heavy atom. The Morgan fingerprint density at radius 1 is 1.23 bits per heavy atom. The van der Waals surface area contributed by atoms with Gasteiger partial charge in [-0.05, 0) is 30.7 Å². The van der Waals surface area contributed by atoms with Crippen LogP contribution in [0.5, 0.6) is 5.75 Å². The predicted octanol–water partition coefficient (Wildman–Crippen LogP) is 4.18. The van der Waals surface area contributed by atoms with E-state index in [1.165, 1.54) is 29.5 Å². The number of nitro groups is 1. The molecule has 0 atom stereocenters. The van der Waals surface area contributed by atoms with Gasteiger partial charge in [0.1, 0.15) is 0 Å². The summed E-state index contributed by atoms with van der Waals surface area (Å²) in [6, 6.07) is 10.8. The molecular formula is C20H19N3O6S. The van der Waals surface area contributed by atoms with Crippen molar-refractivity contribution in [1.82, 2.24) is 4.98 Å². The van der Waals surface area contributed by atoms with Crippen LogP contribution in [0.3, 0.4) is 0 Å². The summed E-state index contributed by atoms with van der Waals surface area (Å²) < 4.78 is 11.2. The average molecular weight is 429 g/mol. The fourth-order valence-electron chi connectivity index (χ4n) is 2.53. The third-order valence-corrected chi connectivity index (χ3v) is 4.96. The van der Waals surface area contributed by atoms with Gasteiger partial charge in [0.05, 0.1) is 27.3 Å². The summed E-state index contributed by atoms with van der Waals surface area (Å²) in [6.07, 6.45) is 1.74. The number of carbonyl (C=O) groups is 2. The summed E-state index contributed by atoms with van der Waals surface area (Å²) in [5, 5.41) is 13.9. The highest BCUT2D eigenvalue weighted by molar-refractivity contribution is 7.22. The molecule has 0 saturated carbocycles. The fraction of sp³-hybridized carbons (Fsp3) is 0.250. The topological polar surface area (TPSA) is 121 Å². The third-order valence-electron chi connectivity index (χ3n) is 4.02. The van der Waals surface area contributed by atoms with Gasteiger partial charge in [-0.1, -0.05) is 36.8 Å². The monoisotopic (exact) mass is 429 g/mol. The van der Waals surface area contributed by atoms with E-state index in [4.69, 9.17) is 9.47 Å². The van der Waals surface area contributed by atoms with Gasteiger partial charge in [-0.3, -0.25) is 20.2 Å². The molecule has 0 radical (unpaired) electrons. The van der Waals surface area contributed by atoms with E-state index < -0.39 is 23.4 Å². The molecule has 0 saturated heterocycles. The molecule has 1 N–H and O–H groups in total. The van der Waals surface area contributed by atoms with Crippen molar-refractivity contribution < 1.29 is 24.0 Å². The SMILES string of the molecule is CCCCOC(=O)c1ccc2nc(NC(=O)COc3ccccc3[N+](=O)[O-])sc2c1. The van der Waals surface area contributed by atoms with E-state index in [0.29, 0.717) is 22.8 Å². The fourth-order valence-corrected chi connectivity index (χ4v) is 3.45. The summed E-state index contributed by atoms with van der Waals surface area (Å²) >= 11 is 1.20. The molecule has 0 aliphatic rings. The van der Waals surface area contributed by atoms with Crippen LogP contribution in [0.15, 0.2) is 42.5 Å². The van der Waals surface area contributed by atoms with Gasteiger partial charge in [0, 0.05) is 6.07 Å². The number of nitro benzene ring substituents is 1. The van der Waals surface area contributed by atoms with Crippen LogP contribution in [-0.2, 0) is 9.53 Å². The van der Waals surface area contributed by atoms with Crippen molar-refractivity contribution in [1.29, 1.82) is 0 Å². The van der Waals surface area contributed by atoms with E-state index in [1.807, 2.05) is 6.92 Å². The molecule has 156 valence electrons. The van der Waals surface area contributed by atoms with Crippen LogP contribution in [0.1, 0.15) is 30.1 Å². The number of unbranched alkanes of at least 4 members (excludes halogenated alkanes) is 1. The first-order chi connectivity index (χ1) is 14.5. The second kappa shape index (κ2) is 9.79. The predicted molar refractivity (Wildman–Crippen MR) is 112 cm³/mol. The van der Waals surface area contributed by atoms with Crippen molar-refractivity contribution in [2.24, 2.45) is 0 Å². The number of nitrogens with zero attached hydrogens (tertiary/aromatic N) is 2. The van der Waals surface area contributed by atoms with Gasteiger partial charge >= 0.3 is 11.7 Å². The molecule has 0 unspecified atom stereocenters. The summed E-state index contributed by atoms with van der Waals surface area (Å²) in [5.41, 5.74) is 0.823. The van der Waals surface area contributed by atoms with Crippen molar-refractivity contribution in [3.63, 3.8) is 0 Å². The van der Waals surface area contributed by atoms with Crippen LogP contribution >= 0.6 is 11.3 Å². The van der Waals surface area contributed by atoms with E-state index >= 15 is 0 Å². The Labute approximate surface area is 175 Å². The van der Waals surface area contributed by atoms with Crippen LogP contribution < -0.4 is 10.1 Å². The van der Waals surface area contributed by atoms with Gasteiger partial charge in [-0.2, -0.15) is 0 Å². The molecule has 1 aromatic heterocycles. The number of ether oxygens (including phenoxy) is 2. The lowest BCUT2D eigenvalue weighted by Crippen LogP contribution is -2.20. The highest BCUT2D eigenvalue weighted by Crippen LogP contribution is 2.28. The molecule has 0 bridgehead atoms. The molecule has 10 heteroatoms. The first-order valence-corrected chi connectivity index (χ1v) is 10.0. The molecule has 0 fully saturated rings. The minimum Gasteiger partial charge on any atom is -0.477 e. The van der Waals surface area contributed by atoms with Crippen LogP contribution in [0, 0.1) is 10.1 Å². The van der Waals surface area contributed by atoms with Crippen LogP contribution in [0.4, 0.5) is 10.8 Å². The Hall–Kier alpha value is -3.53. The smallest absolute Gasteiger partial charge is 0.338 e. The van der Waals surface area contributed by atoms with Crippen molar-refractivity contribution in [3.8, 4) is 5.75 Å². The first-order valence-electron chi connectivity index (χ1n) is 9.21. The lowest BCUT2D eigenvalue weighted by molar-refractivity contribution is -0.385. The zero-order chi connectivity index (χ0) is 21.5. The Bertz CT molecular complexity index is 1080. The van der Waals surface area contributed by atoms with Gasteiger partial charge in [-0.15, -0.1) is 0 Å². The van der Waals surface area contributed by atoms with Crippen molar-refractivity contribution in [2.45, 2.75) is 19.8 Å².